The number of hydrogen-bond donors (Lipinski definition) is 0. The first-order valence-corrected chi connectivity index (χ1v) is 7.51. The van der Waals surface area contributed by atoms with Crippen LogP contribution in [-0.4, -0.2) is 14.8 Å². The molecule has 1 unspecified atom stereocenters. The number of nitriles is 1. The van der Waals surface area contributed by atoms with E-state index in [0.717, 1.165) is 25.2 Å². The fourth-order valence-corrected chi connectivity index (χ4v) is 3.22. The summed E-state index contributed by atoms with van der Waals surface area (Å²) in [6, 6.07) is 10.9. The molecule has 4 nitrogen and oxygen atoms in total. The fraction of sp³-hybridized carbons (Fsp3) is 0.471. The van der Waals surface area contributed by atoms with Gasteiger partial charge in [0.25, 0.3) is 0 Å². The molecular weight excluding hydrogens is 260 g/mol. The Morgan fingerprint density at radius 1 is 1.38 bits per heavy atom. The van der Waals surface area contributed by atoms with Crippen LogP contribution >= 0.6 is 0 Å². The SMILES string of the molecule is CC(C)Cn1ncnc1CC1(C#N)CCc2ccccc21. The lowest BCUT2D eigenvalue weighted by Crippen LogP contribution is -2.26. The summed E-state index contributed by atoms with van der Waals surface area (Å²) in [6.45, 7) is 5.17. The van der Waals surface area contributed by atoms with Gasteiger partial charge in [0, 0.05) is 13.0 Å². The highest BCUT2D eigenvalue weighted by Gasteiger charge is 2.40. The highest BCUT2D eigenvalue weighted by Crippen LogP contribution is 2.40. The van der Waals surface area contributed by atoms with Crippen molar-refractivity contribution in [2.45, 2.75) is 45.1 Å². The molecule has 1 aliphatic rings. The summed E-state index contributed by atoms with van der Waals surface area (Å²) >= 11 is 0. The van der Waals surface area contributed by atoms with Crippen molar-refractivity contribution < 1.29 is 0 Å². The van der Waals surface area contributed by atoms with Gasteiger partial charge in [0.2, 0.25) is 0 Å². The van der Waals surface area contributed by atoms with E-state index in [1.54, 1.807) is 6.33 Å². The van der Waals surface area contributed by atoms with Crippen LogP contribution in [0.25, 0.3) is 0 Å². The topological polar surface area (TPSA) is 54.5 Å². The van der Waals surface area contributed by atoms with Gasteiger partial charge >= 0.3 is 0 Å². The van der Waals surface area contributed by atoms with Crippen molar-refractivity contribution in [3.8, 4) is 6.07 Å². The molecule has 1 aromatic heterocycles. The number of nitrogens with zero attached hydrogens (tertiary/aromatic N) is 4. The number of rotatable bonds is 4. The van der Waals surface area contributed by atoms with Crippen molar-refractivity contribution in [2.75, 3.05) is 0 Å². The minimum atomic E-state index is -0.446. The van der Waals surface area contributed by atoms with E-state index in [9.17, 15) is 5.26 Å². The monoisotopic (exact) mass is 280 g/mol. The quantitative estimate of drug-likeness (QED) is 0.865. The molecule has 0 N–H and O–H groups in total. The lowest BCUT2D eigenvalue weighted by atomic mass is 9.80. The molecule has 1 aromatic carbocycles. The number of aromatic nitrogens is 3. The summed E-state index contributed by atoms with van der Waals surface area (Å²) in [5.41, 5.74) is 2.03. The highest BCUT2D eigenvalue weighted by atomic mass is 15.3. The molecule has 0 bridgehead atoms. The van der Waals surface area contributed by atoms with Crippen molar-refractivity contribution in [1.29, 1.82) is 5.26 Å². The van der Waals surface area contributed by atoms with Gasteiger partial charge in [-0.3, -0.25) is 0 Å². The number of hydrogen-bond acceptors (Lipinski definition) is 3. The normalized spacial score (nSPS) is 20.5. The third-order valence-electron chi connectivity index (χ3n) is 4.26. The summed E-state index contributed by atoms with van der Waals surface area (Å²) in [4.78, 5) is 4.40. The van der Waals surface area contributed by atoms with Crippen molar-refractivity contribution >= 4 is 0 Å². The van der Waals surface area contributed by atoms with Crippen molar-refractivity contribution in [3.63, 3.8) is 0 Å². The standard InChI is InChI=1S/C17H20N4/c1-13(2)10-21-16(19-12-20-21)9-17(11-18)8-7-14-5-3-4-6-15(14)17/h3-6,12-13H,7-10H2,1-2H3. The van der Waals surface area contributed by atoms with E-state index in [-0.39, 0.29) is 0 Å². The Bertz CT molecular complexity index is 680. The van der Waals surface area contributed by atoms with Gasteiger partial charge in [-0.15, -0.1) is 0 Å². The summed E-state index contributed by atoms with van der Waals surface area (Å²) in [5, 5.41) is 14.1. The summed E-state index contributed by atoms with van der Waals surface area (Å²) in [6.07, 6.45) is 4.09. The first-order chi connectivity index (χ1) is 10.1. The van der Waals surface area contributed by atoms with Crippen LogP contribution in [0.1, 0.15) is 37.2 Å². The smallest absolute Gasteiger partial charge is 0.138 e. The van der Waals surface area contributed by atoms with E-state index in [1.165, 1.54) is 11.1 Å². The molecule has 0 saturated carbocycles. The first-order valence-electron chi connectivity index (χ1n) is 7.51. The summed E-state index contributed by atoms with van der Waals surface area (Å²) in [5.74, 6) is 1.43. The Morgan fingerprint density at radius 2 is 2.19 bits per heavy atom. The molecule has 0 aliphatic heterocycles. The van der Waals surface area contributed by atoms with Crippen LogP contribution in [0.2, 0.25) is 0 Å². The molecule has 1 heterocycles. The molecule has 0 spiro atoms. The number of fused-ring (bicyclic) bond motifs is 1. The second-order valence-electron chi connectivity index (χ2n) is 6.28. The van der Waals surface area contributed by atoms with Gasteiger partial charge in [0.1, 0.15) is 12.2 Å². The average Bonchev–Trinajstić information content (AvgIpc) is 3.05. The zero-order valence-corrected chi connectivity index (χ0v) is 12.6. The van der Waals surface area contributed by atoms with Gasteiger partial charge in [-0.25, -0.2) is 9.67 Å². The fourth-order valence-electron chi connectivity index (χ4n) is 3.22. The largest absolute Gasteiger partial charge is 0.250 e. The molecule has 3 rings (SSSR count). The van der Waals surface area contributed by atoms with Crippen LogP contribution in [-0.2, 0) is 24.8 Å². The van der Waals surface area contributed by atoms with Crippen molar-refractivity contribution in [3.05, 3.63) is 47.5 Å². The molecular formula is C17H20N4. The number of aryl methyl sites for hydroxylation is 1. The maximum Gasteiger partial charge on any atom is 0.138 e. The molecule has 108 valence electrons. The van der Waals surface area contributed by atoms with E-state index in [0.29, 0.717) is 12.3 Å². The average molecular weight is 280 g/mol. The third kappa shape index (κ3) is 2.44. The van der Waals surface area contributed by atoms with Crippen LogP contribution in [0, 0.1) is 17.2 Å². The Balaban J connectivity index is 1.94. The maximum absolute atomic E-state index is 9.83. The van der Waals surface area contributed by atoms with Crippen LogP contribution in [0.3, 0.4) is 0 Å². The second kappa shape index (κ2) is 5.33. The van der Waals surface area contributed by atoms with Crippen molar-refractivity contribution in [2.24, 2.45) is 5.92 Å². The van der Waals surface area contributed by atoms with Gasteiger partial charge in [0.05, 0.1) is 11.5 Å². The second-order valence-corrected chi connectivity index (χ2v) is 6.28. The molecule has 21 heavy (non-hydrogen) atoms. The third-order valence-corrected chi connectivity index (χ3v) is 4.26. The molecule has 0 fully saturated rings. The van der Waals surface area contributed by atoms with Crippen LogP contribution in [0.5, 0.6) is 0 Å². The van der Waals surface area contributed by atoms with Crippen LogP contribution < -0.4 is 0 Å². The zero-order chi connectivity index (χ0) is 14.9. The highest BCUT2D eigenvalue weighted by molar-refractivity contribution is 5.44. The van der Waals surface area contributed by atoms with E-state index in [4.69, 9.17) is 0 Å². The Kier molecular flexibility index (Phi) is 3.50. The molecule has 0 saturated heterocycles. The van der Waals surface area contributed by atoms with E-state index < -0.39 is 5.41 Å². The zero-order valence-electron chi connectivity index (χ0n) is 12.6. The molecule has 1 atom stereocenters. The molecule has 2 aromatic rings. The Labute approximate surface area is 125 Å². The molecule has 0 amide bonds. The van der Waals surface area contributed by atoms with Crippen LogP contribution in [0.4, 0.5) is 0 Å². The van der Waals surface area contributed by atoms with E-state index >= 15 is 0 Å². The lowest BCUT2D eigenvalue weighted by Gasteiger charge is -2.22. The lowest BCUT2D eigenvalue weighted by molar-refractivity contribution is 0.440. The maximum atomic E-state index is 9.83. The van der Waals surface area contributed by atoms with Crippen LogP contribution in [0.15, 0.2) is 30.6 Å². The Hall–Kier alpha value is -2.15. The van der Waals surface area contributed by atoms with Gasteiger partial charge in [-0.05, 0) is 29.9 Å². The van der Waals surface area contributed by atoms with Gasteiger partial charge in [-0.2, -0.15) is 10.4 Å². The summed E-state index contributed by atoms with van der Waals surface area (Å²) < 4.78 is 1.95. The van der Waals surface area contributed by atoms with E-state index in [1.807, 2.05) is 16.8 Å². The van der Waals surface area contributed by atoms with Gasteiger partial charge in [-0.1, -0.05) is 38.1 Å². The van der Waals surface area contributed by atoms with Gasteiger partial charge in [0.15, 0.2) is 0 Å². The minimum absolute atomic E-state index is 0.446. The predicted molar refractivity (Wildman–Crippen MR) is 80.6 cm³/mol. The van der Waals surface area contributed by atoms with Crippen molar-refractivity contribution in [1.82, 2.24) is 14.8 Å². The molecule has 1 aliphatic carbocycles. The van der Waals surface area contributed by atoms with Gasteiger partial charge < -0.3 is 0 Å². The predicted octanol–water partition coefficient (Wildman–Crippen LogP) is 2.88. The minimum Gasteiger partial charge on any atom is -0.250 e. The van der Waals surface area contributed by atoms with E-state index in [2.05, 4.69) is 42.1 Å². The number of benzene rings is 1. The first kappa shape index (κ1) is 13.8. The summed E-state index contributed by atoms with van der Waals surface area (Å²) in [7, 11) is 0. The molecule has 0 radical (unpaired) electrons. The molecule has 4 heteroatoms. The Morgan fingerprint density at radius 3 is 2.95 bits per heavy atom.